The molecule has 5 nitrogen and oxygen atoms in total. The standard InChI is InChI=1S/C21H34BrN3O2/c1-15-6-9-18(19(23)16(2)7-8-17(22)14-15)24-10-12-25(13-11-24)20(26)27-21(3,4)5/h9,14-16,23H,6-8,10-13H2,1-5H3/b17-14?,18-9-,23-19?. The van der Waals surface area contributed by atoms with Crippen molar-refractivity contribution in [1.29, 1.82) is 5.41 Å². The van der Waals surface area contributed by atoms with Crippen LogP contribution in [0.25, 0.3) is 0 Å². The number of hydrogen-bond acceptors (Lipinski definition) is 4. The molecule has 0 saturated carbocycles. The Morgan fingerprint density at radius 1 is 1.22 bits per heavy atom. The summed E-state index contributed by atoms with van der Waals surface area (Å²) in [6, 6.07) is 0. The number of hydrogen-bond donors (Lipinski definition) is 1. The molecule has 1 aliphatic heterocycles. The van der Waals surface area contributed by atoms with Gasteiger partial charge in [-0.1, -0.05) is 41.9 Å². The molecule has 1 amide bonds. The SMILES string of the molecule is CC1C=C(Br)CCC(C)C(=N)/C(N2CCN(C(=O)OC(C)(C)C)CC2)=C/C1. The van der Waals surface area contributed by atoms with E-state index in [-0.39, 0.29) is 12.0 Å². The molecule has 2 unspecified atom stereocenters. The minimum Gasteiger partial charge on any atom is -0.444 e. The van der Waals surface area contributed by atoms with Crippen LogP contribution in [0.3, 0.4) is 0 Å². The van der Waals surface area contributed by atoms with Gasteiger partial charge in [0.15, 0.2) is 0 Å². The van der Waals surface area contributed by atoms with E-state index in [1.165, 1.54) is 4.48 Å². The predicted octanol–water partition coefficient (Wildman–Crippen LogP) is 5.18. The van der Waals surface area contributed by atoms with Crippen LogP contribution in [-0.2, 0) is 4.74 Å². The van der Waals surface area contributed by atoms with Gasteiger partial charge in [0, 0.05) is 32.1 Å². The van der Waals surface area contributed by atoms with Crippen LogP contribution in [0.1, 0.15) is 53.9 Å². The van der Waals surface area contributed by atoms with Crippen molar-refractivity contribution in [2.75, 3.05) is 26.2 Å². The lowest BCUT2D eigenvalue weighted by atomic mass is 9.93. The van der Waals surface area contributed by atoms with E-state index in [4.69, 9.17) is 10.1 Å². The zero-order chi connectivity index (χ0) is 20.2. The summed E-state index contributed by atoms with van der Waals surface area (Å²) < 4.78 is 6.74. The maximum Gasteiger partial charge on any atom is 0.410 e. The Morgan fingerprint density at radius 3 is 2.44 bits per heavy atom. The summed E-state index contributed by atoms with van der Waals surface area (Å²) in [5.74, 6) is 0.660. The quantitative estimate of drug-likeness (QED) is 0.612. The Hall–Kier alpha value is -1.30. The molecule has 0 spiro atoms. The van der Waals surface area contributed by atoms with Crippen LogP contribution in [0.4, 0.5) is 4.79 Å². The molecule has 1 N–H and O–H groups in total. The molecule has 1 fully saturated rings. The Balaban J connectivity index is 2.06. The molecule has 152 valence electrons. The molecule has 0 radical (unpaired) electrons. The number of ether oxygens (including phenoxy) is 1. The molecule has 2 aliphatic rings. The highest BCUT2D eigenvalue weighted by atomic mass is 79.9. The van der Waals surface area contributed by atoms with Gasteiger partial charge >= 0.3 is 6.09 Å². The highest BCUT2D eigenvalue weighted by molar-refractivity contribution is 9.11. The average molecular weight is 440 g/mol. The lowest BCUT2D eigenvalue weighted by Gasteiger charge is -2.38. The minimum atomic E-state index is -0.470. The molecule has 0 aromatic heterocycles. The van der Waals surface area contributed by atoms with E-state index in [0.29, 0.717) is 19.0 Å². The zero-order valence-corrected chi connectivity index (χ0v) is 18.9. The van der Waals surface area contributed by atoms with Gasteiger partial charge in [0.05, 0.1) is 11.4 Å². The Morgan fingerprint density at radius 2 is 1.85 bits per heavy atom. The number of carbonyl (C=O) groups is 1. The Labute approximate surface area is 172 Å². The van der Waals surface area contributed by atoms with E-state index >= 15 is 0 Å². The van der Waals surface area contributed by atoms with E-state index in [2.05, 4.69) is 46.8 Å². The first-order valence-corrected chi connectivity index (χ1v) is 10.7. The van der Waals surface area contributed by atoms with E-state index < -0.39 is 5.60 Å². The first kappa shape index (κ1) is 22.0. The number of allylic oxidation sites excluding steroid dienone is 4. The normalized spacial score (nSPS) is 27.6. The van der Waals surface area contributed by atoms with Gasteiger partial charge in [-0.15, -0.1) is 0 Å². The van der Waals surface area contributed by atoms with Crippen LogP contribution in [0.2, 0.25) is 0 Å². The maximum atomic E-state index is 12.3. The summed E-state index contributed by atoms with van der Waals surface area (Å²) in [5.41, 5.74) is 1.29. The monoisotopic (exact) mass is 439 g/mol. The van der Waals surface area contributed by atoms with Crippen molar-refractivity contribution in [1.82, 2.24) is 9.80 Å². The van der Waals surface area contributed by atoms with Gasteiger partial charge in [0.2, 0.25) is 0 Å². The van der Waals surface area contributed by atoms with E-state index in [1.54, 1.807) is 4.90 Å². The van der Waals surface area contributed by atoms with Crippen molar-refractivity contribution in [2.45, 2.75) is 59.5 Å². The van der Waals surface area contributed by atoms with Gasteiger partial charge in [-0.05, 0) is 50.4 Å². The largest absolute Gasteiger partial charge is 0.444 e. The first-order chi connectivity index (χ1) is 12.6. The van der Waals surface area contributed by atoms with Crippen molar-refractivity contribution in [3.8, 4) is 0 Å². The van der Waals surface area contributed by atoms with Crippen LogP contribution in [0.5, 0.6) is 0 Å². The molecule has 1 aliphatic carbocycles. The second-order valence-electron chi connectivity index (χ2n) is 8.72. The molecule has 0 aromatic rings. The van der Waals surface area contributed by atoms with E-state index in [9.17, 15) is 4.79 Å². The summed E-state index contributed by atoms with van der Waals surface area (Å²) in [4.78, 5) is 16.3. The van der Waals surface area contributed by atoms with Crippen LogP contribution < -0.4 is 0 Å². The zero-order valence-electron chi connectivity index (χ0n) is 17.3. The summed E-state index contributed by atoms with van der Waals surface area (Å²) in [6.07, 6.45) is 7.14. The highest BCUT2D eigenvalue weighted by Crippen LogP contribution is 2.27. The summed E-state index contributed by atoms with van der Waals surface area (Å²) in [7, 11) is 0. The van der Waals surface area contributed by atoms with Crippen LogP contribution in [0, 0.1) is 17.2 Å². The van der Waals surface area contributed by atoms with Gasteiger partial charge in [-0.25, -0.2) is 4.79 Å². The lowest BCUT2D eigenvalue weighted by Crippen LogP contribution is -2.50. The molecule has 6 heteroatoms. The Kier molecular flexibility index (Phi) is 7.55. The van der Waals surface area contributed by atoms with Crippen molar-refractivity contribution in [2.24, 2.45) is 11.8 Å². The van der Waals surface area contributed by atoms with Crippen molar-refractivity contribution >= 4 is 27.7 Å². The number of nitrogens with zero attached hydrogens (tertiary/aromatic N) is 2. The minimum absolute atomic E-state index is 0.217. The number of piperazine rings is 1. The first-order valence-electron chi connectivity index (χ1n) is 9.95. The molecule has 2 atom stereocenters. The van der Waals surface area contributed by atoms with Crippen molar-refractivity contribution in [3.63, 3.8) is 0 Å². The third-order valence-electron chi connectivity index (χ3n) is 5.01. The molecule has 27 heavy (non-hydrogen) atoms. The van der Waals surface area contributed by atoms with Crippen molar-refractivity contribution < 1.29 is 9.53 Å². The fourth-order valence-corrected chi connectivity index (χ4v) is 4.05. The molecular weight excluding hydrogens is 406 g/mol. The van der Waals surface area contributed by atoms with Crippen LogP contribution in [0.15, 0.2) is 22.3 Å². The Bertz CT molecular complexity index is 613. The molecular formula is C21H34BrN3O2. The average Bonchev–Trinajstić information content (AvgIpc) is 2.58. The maximum absolute atomic E-state index is 12.3. The topological polar surface area (TPSA) is 56.6 Å². The summed E-state index contributed by atoms with van der Waals surface area (Å²) in [5, 5.41) is 8.73. The molecule has 0 aromatic carbocycles. The van der Waals surface area contributed by atoms with Crippen molar-refractivity contribution in [3.05, 3.63) is 22.3 Å². The van der Waals surface area contributed by atoms with Crippen LogP contribution >= 0.6 is 15.9 Å². The van der Waals surface area contributed by atoms with Gasteiger partial charge in [-0.3, -0.25) is 0 Å². The fraction of sp³-hybridized carbons (Fsp3) is 0.714. The number of nitrogens with one attached hydrogen (secondary N) is 1. The second kappa shape index (κ2) is 9.26. The summed E-state index contributed by atoms with van der Waals surface area (Å²) >= 11 is 3.66. The lowest BCUT2D eigenvalue weighted by molar-refractivity contribution is 0.0172. The molecule has 1 saturated heterocycles. The fourth-order valence-electron chi connectivity index (χ4n) is 3.37. The summed E-state index contributed by atoms with van der Waals surface area (Å²) in [6.45, 7) is 12.8. The number of amides is 1. The number of halogens is 1. The number of carbonyl (C=O) groups excluding carboxylic acids is 1. The molecule has 0 bridgehead atoms. The van der Waals surface area contributed by atoms with Gasteiger partial charge in [0.25, 0.3) is 0 Å². The third-order valence-corrected chi connectivity index (χ3v) is 5.67. The predicted molar refractivity (Wildman–Crippen MR) is 114 cm³/mol. The van der Waals surface area contributed by atoms with Gasteiger partial charge in [-0.2, -0.15) is 0 Å². The number of rotatable bonds is 1. The van der Waals surface area contributed by atoms with Gasteiger partial charge < -0.3 is 19.9 Å². The molecule has 1 heterocycles. The van der Waals surface area contributed by atoms with E-state index in [0.717, 1.165) is 43.8 Å². The highest BCUT2D eigenvalue weighted by Gasteiger charge is 2.28. The smallest absolute Gasteiger partial charge is 0.410 e. The molecule has 2 rings (SSSR count). The second-order valence-corrected chi connectivity index (χ2v) is 9.74. The third kappa shape index (κ3) is 6.66. The van der Waals surface area contributed by atoms with E-state index in [1.807, 2.05) is 20.8 Å². The van der Waals surface area contributed by atoms with Gasteiger partial charge in [0.1, 0.15) is 5.60 Å². The van der Waals surface area contributed by atoms with Crippen LogP contribution in [-0.4, -0.2) is 53.4 Å².